The van der Waals surface area contributed by atoms with Crippen LogP contribution in [0.5, 0.6) is 0 Å². The Morgan fingerprint density at radius 1 is 1.12 bits per heavy atom. The molecule has 1 N–H and O–H groups in total. The van der Waals surface area contributed by atoms with Crippen LogP contribution in [0.3, 0.4) is 0 Å². The predicted molar refractivity (Wildman–Crippen MR) is 90.2 cm³/mol. The van der Waals surface area contributed by atoms with Gasteiger partial charge in [0, 0.05) is 16.1 Å². The normalized spacial score (nSPS) is 12.2. The molecule has 0 fully saturated rings. The second-order valence-corrected chi connectivity index (χ2v) is 6.44. The van der Waals surface area contributed by atoms with Crippen molar-refractivity contribution in [1.29, 1.82) is 0 Å². The van der Waals surface area contributed by atoms with E-state index in [-0.39, 0.29) is 22.2 Å². The van der Waals surface area contributed by atoms with Crippen molar-refractivity contribution in [3.63, 3.8) is 0 Å². The first-order valence-corrected chi connectivity index (χ1v) is 8.02. The number of aromatic nitrogens is 2. The van der Waals surface area contributed by atoms with Gasteiger partial charge in [-0.2, -0.15) is 13.2 Å². The Kier molecular flexibility index (Phi) is 3.65. The molecule has 4 rings (SSSR count). The minimum absolute atomic E-state index is 0.145. The molecule has 132 valence electrons. The van der Waals surface area contributed by atoms with Crippen molar-refractivity contribution in [1.82, 2.24) is 9.97 Å². The van der Waals surface area contributed by atoms with Gasteiger partial charge in [0.05, 0.1) is 5.39 Å². The summed E-state index contributed by atoms with van der Waals surface area (Å²) in [6, 6.07) is 8.77. The van der Waals surface area contributed by atoms with Gasteiger partial charge in [0.2, 0.25) is 5.82 Å². The molecule has 0 unspecified atom stereocenters. The van der Waals surface area contributed by atoms with Gasteiger partial charge in [0.25, 0.3) is 0 Å². The molecule has 0 spiro atoms. The fourth-order valence-corrected chi connectivity index (χ4v) is 2.89. The molecule has 4 aromatic rings. The van der Waals surface area contributed by atoms with Crippen LogP contribution in [0, 0.1) is 5.82 Å². The summed E-state index contributed by atoms with van der Waals surface area (Å²) in [5.41, 5.74) is -1.08. The van der Waals surface area contributed by atoms with Crippen molar-refractivity contribution in [2.24, 2.45) is 0 Å². The fourth-order valence-electron chi connectivity index (χ4n) is 2.62. The van der Waals surface area contributed by atoms with Crippen LogP contribution in [-0.2, 0) is 6.18 Å². The second-order valence-electron chi connectivity index (χ2n) is 5.52. The van der Waals surface area contributed by atoms with Crippen molar-refractivity contribution < 1.29 is 22.0 Å². The maximum absolute atomic E-state index is 14.1. The first kappa shape index (κ1) is 16.8. The van der Waals surface area contributed by atoms with E-state index in [4.69, 9.17) is 4.42 Å². The molecular weight excluding hydrogens is 420 g/mol. The number of hydrogen-bond donors (Lipinski definition) is 1. The zero-order chi connectivity index (χ0) is 18.6. The van der Waals surface area contributed by atoms with Gasteiger partial charge >= 0.3 is 6.18 Å². The van der Waals surface area contributed by atoms with E-state index in [9.17, 15) is 22.4 Å². The Morgan fingerprint density at radius 2 is 1.81 bits per heavy atom. The molecule has 26 heavy (non-hydrogen) atoms. The highest BCUT2D eigenvalue weighted by atomic mass is 79.9. The predicted octanol–water partition coefficient (Wildman–Crippen LogP) is 5.26. The molecule has 0 aliphatic heterocycles. The second kappa shape index (κ2) is 5.66. The van der Waals surface area contributed by atoms with E-state index in [2.05, 4.69) is 20.9 Å². The molecule has 0 saturated carbocycles. The van der Waals surface area contributed by atoms with Crippen LogP contribution in [0.25, 0.3) is 33.3 Å². The van der Waals surface area contributed by atoms with Gasteiger partial charge in [-0.1, -0.05) is 28.1 Å². The Hall–Kier alpha value is -2.68. The lowest BCUT2D eigenvalue weighted by atomic mass is 10.1. The Bertz CT molecular complexity index is 1210. The molecule has 0 saturated heterocycles. The quantitative estimate of drug-likeness (QED) is 0.422. The van der Waals surface area contributed by atoms with Gasteiger partial charge in [-0.3, -0.25) is 4.79 Å². The summed E-state index contributed by atoms with van der Waals surface area (Å²) in [6.45, 7) is 0. The number of aromatic amines is 1. The van der Waals surface area contributed by atoms with Crippen molar-refractivity contribution in [3.8, 4) is 11.3 Å². The number of alkyl halides is 3. The van der Waals surface area contributed by atoms with Gasteiger partial charge in [0.15, 0.2) is 16.8 Å². The summed E-state index contributed by atoms with van der Waals surface area (Å²) < 4.78 is 59.3. The third kappa shape index (κ3) is 2.68. The third-order valence-corrected chi connectivity index (χ3v) is 4.34. The highest BCUT2D eigenvalue weighted by Gasteiger charge is 2.35. The summed E-state index contributed by atoms with van der Waals surface area (Å²) in [7, 11) is 0. The van der Waals surface area contributed by atoms with Gasteiger partial charge < -0.3 is 9.40 Å². The number of imidazole rings is 1. The summed E-state index contributed by atoms with van der Waals surface area (Å²) in [6.07, 6.45) is -4.79. The molecule has 0 radical (unpaired) electrons. The number of halogens is 5. The van der Waals surface area contributed by atoms with E-state index in [0.29, 0.717) is 5.56 Å². The number of benzene rings is 2. The molecule has 2 heterocycles. The monoisotopic (exact) mass is 426 g/mol. The first-order valence-electron chi connectivity index (χ1n) is 7.23. The minimum atomic E-state index is -4.79. The summed E-state index contributed by atoms with van der Waals surface area (Å²) in [5, 5.41) is -0.173. The standard InChI is InChI=1S/C17H7BrF4N2O2/c18-8-3-1-7(2-4-8)12-6-11(25)9-5-10(19)13-14(15(9)26-12)24-16(23-13)17(20,21)22/h1-6H,(H,23,24). The highest BCUT2D eigenvalue weighted by Crippen LogP contribution is 2.33. The number of rotatable bonds is 1. The molecule has 9 heteroatoms. The van der Waals surface area contributed by atoms with E-state index >= 15 is 0 Å². The third-order valence-electron chi connectivity index (χ3n) is 3.81. The van der Waals surface area contributed by atoms with Gasteiger partial charge in [-0.05, 0) is 18.2 Å². The topological polar surface area (TPSA) is 58.9 Å². The zero-order valence-electron chi connectivity index (χ0n) is 12.6. The van der Waals surface area contributed by atoms with Crippen molar-refractivity contribution >= 4 is 37.9 Å². The lowest BCUT2D eigenvalue weighted by Crippen LogP contribution is -2.06. The average Bonchev–Trinajstić information content (AvgIpc) is 3.03. The molecule has 0 amide bonds. The molecule has 0 aliphatic rings. The molecule has 0 aliphatic carbocycles. The Labute approximate surface area is 150 Å². The lowest BCUT2D eigenvalue weighted by Gasteiger charge is -2.05. The van der Waals surface area contributed by atoms with E-state index in [1.54, 1.807) is 24.3 Å². The van der Waals surface area contributed by atoms with Crippen molar-refractivity contribution in [2.75, 3.05) is 0 Å². The maximum Gasteiger partial charge on any atom is 0.449 e. The smallest absolute Gasteiger partial charge is 0.449 e. The molecular formula is C17H7BrF4N2O2. The molecule has 4 nitrogen and oxygen atoms in total. The molecule has 0 atom stereocenters. The Morgan fingerprint density at radius 3 is 2.46 bits per heavy atom. The van der Waals surface area contributed by atoms with Crippen molar-refractivity contribution in [2.45, 2.75) is 6.18 Å². The average molecular weight is 427 g/mol. The fraction of sp³-hybridized carbons (Fsp3) is 0.0588. The number of H-pyrrole nitrogens is 1. The van der Waals surface area contributed by atoms with Crippen molar-refractivity contribution in [3.05, 3.63) is 62.7 Å². The summed E-state index contributed by atoms with van der Waals surface area (Å²) >= 11 is 3.28. The van der Waals surface area contributed by atoms with Crippen LogP contribution in [-0.4, -0.2) is 9.97 Å². The summed E-state index contributed by atoms with van der Waals surface area (Å²) in [5.74, 6) is -2.26. The Balaban J connectivity index is 2.06. The minimum Gasteiger partial charge on any atom is -0.454 e. The van der Waals surface area contributed by atoms with E-state index in [0.717, 1.165) is 16.6 Å². The van der Waals surface area contributed by atoms with E-state index in [1.165, 1.54) is 0 Å². The van der Waals surface area contributed by atoms with Crippen LogP contribution in [0.2, 0.25) is 0 Å². The molecule has 0 bridgehead atoms. The number of nitrogens with zero attached hydrogens (tertiary/aromatic N) is 1. The molecule has 2 aromatic heterocycles. The SMILES string of the molecule is O=c1cc(-c2ccc(Br)cc2)oc2c1cc(F)c1nc(C(F)(F)F)[nH]c12. The first-order chi connectivity index (χ1) is 12.2. The van der Waals surface area contributed by atoms with Gasteiger partial charge in [-0.15, -0.1) is 0 Å². The van der Waals surface area contributed by atoms with Gasteiger partial charge in [-0.25, -0.2) is 9.37 Å². The highest BCUT2D eigenvalue weighted by molar-refractivity contribution is 9.10. The van der Waals surface area contributed by atoms with Gasteiger partial charge in [0.1, 0.15) is 16.8 Å². The van der Waals surface area contributed by atoms with Crippen LogP contribution in [0.4, 0.5) is 17.6 Å². The summed E-state index contributed by atoms with van der Waals surface area (Å²) in [4.78, 5) is 17.6. The van der Waals surface area contributed by atoms with Crippen LogP contribution < -0.4 is 5.43 Å². The van der Waals surface area contributed by atoms with Crippen LogP contribution >= 0.6 is 15.9 Å². The lowest BCUT2D eigenvalue weighted by molar-refractivity contribution is -0.144. The van der Waals surface area contributed by atoms with E-state index < -0.39 is 28.8 Å². The number of fused-ring (bicyclic) bond motifs is 3. The molecule has 2 aromatic carbocycles. The van der Waals surface area contributed by atoms with Crippen LogP contribution in [0.1, 0.15) is 5.82 Å². The maximum atomic E-state index is 14.1. The number of nitrogens with one attached hydrogen (secondary N) is 1. The number of hydrogen-bond acceptors (Lipinski definition) is 3. The van der Waals surface area contributed by atoms with Crippen LogP contribution in [0.15, 0.2) is 50.1 Å². The van der Waals surface area contributed by atoms with E-state index in [1.807, 2.05) is 4.98 Å². The zero-order valence-corrected chi connectivity index (χ0v) is 14.2. The largest absolute Gasteiger partial charge is 0.454 e.